The smallest absolute Gasteiger partial charge is 0.315 e. The number of imide groups is 1. The average molecular weight is 438 g/mol. The molecule has 0 radical (unpaired) electrons. The van der Waals surface area contributed by atoms with Crippen LogP contribution in [-0.4, -0.2) is 35.8 Å². The van der Waals surface area contributed by atoms with E-state index in [0.29, 0.717) is 16.8 Å². The van der Waals surface area contributed by atoms with Crippen molar-refractivity contribution in [1.82, 2.24) is 10.2 Å². The lowest BCUT2D eigenvalue weighted by atomic mass is 9.82. The van der Waals surface area contributed by atoms with Gasteiger partial charge in [-0.3, -0.25) is 14.5 Å². The molecule has 4 rings (SSSR count). The van der Waals surface area contributed by atoms with Crippen molar-refractivity contribution in [2.24, 2.45) is 0 Å². The zero-order valence-electron chi connectivity index (χ0n) is 17.8. The number of benzene rings is 3. The third-order valence-electron chi connectivity index (χ3n) is 5.63. The van der Waals surface area contributed by atoms with Crippen LogP contribution in [0, 0.1) is 11.3 Å². The minimum Gasteiger partial charge on any atom is -0.315 e. The summed E-state index contributed by atoms with van der Waals surface area (Å²) in [7, 11) is 0. The Morgan fingerprint density at radius 2 is 1.39 bits per heavy atom. The summed E-state index contributed by atoms with van der Waals surface area (Å²) in [5, 5.41) is 11.9. The van der Waals surface area contributed by atoms with Crippen LogP contribution in [0.5, 0.6) is 0 Å². The second kappa shape index (κ2) is 9.37. The van der Waals surface area contributed by atoms with Gasteiger partial charge in [0.2, 0.25) is 5.91 Å². The summed E-state index contributed by atoms with van der Waals surface area (Å²) in [6, 6.07) is 28.2. The van der Waals surface area contributed by atoms with Gasteiger partial charge in [0.05, 0.1) is 12.5 Å². The maximum atomic E-state index is 13.8. The summed E-state index contributed by atoms with van der Waals surface area (Å²) in [5.41, 5.74) is 0.384. The van der Waals surface area contributed by atoms with Crippen LogP contribution in [0.3, 0.4) is 0 Å². The van der Waals surface area contributed by atoms with Gasteiger partial charge in [-0.15, -0.1) is 0 Å². The predicted molar refractivity (Wildman–Crippen MR) is 123 cm³/mol. The second-order valence-corrected chi connectivity index (χ2v) is 7.59. The standard InChI is InChI=1S/C26H22N4O3/c27-17-10-18-29(22-15-8-3-9-16-22)23(31)19-30-24(32)26(28-25(30)33,20-11-4-1-5-12-20)21-13-6-2-7-14-21/h1-9,11-16H,10,18-19H2,(H,28,33). The van der Waals surface area contributed by atoms with Crippen molar-refractivity contribution in [2.75, 3.05) is 18.0 Å². The van der Waals surface area contributed by atoms with Gasteiger partial charge in [0.1, 0.15) is 6.54 Å². The van der Waals surface area contributed by atoms with Gasteiger partial charge < -0.3 is 10.2 Å². The topological polar surface area (TPSA) is 93.5 Å². The van der Waals surface area contributed by atoms with Crippen molar-refractivity contribution in [3.63, 3.8) is 0 Å². The lowest BCUT2D eigenvalue weighted by Crippen LogP contribution is -2.46. The number of amides is 4. The Morgan fingerprint density at radius 1 is 0.879 bits per heavy atom. The first-order chi connectivity index (χ1) is 16.1. The zero-order chi connectivity index (χ0) is 23.3. The summed E-state index contributed by atoms with van der Waals surface area (Å²) in [5.74, 6) is -0.969. The van der Waals surface area contributed by atoms with Crippen molar-refractivity contribution >= 4 is 23.5 Å². The molecule has 0 unspecified atom stereocenters. The van der Waals surface area contributed by atoms with Crippen LogP contribution in [0.4, 0.5) is 10.5 Å². The van der Waals surface area contributed by atoms with Crippen LogP contribution >= 0.6 is 0 Å². The van der Waals surface area contributed by atoms with Crippen LogP contribution in [0.25, 0.3) is 0 Å². The molecule has 0 saturated carbocycles. The second-order valence-electron chi connectivity index (χ2n) is 7.59. The molecule has 33 heavy (non-hydrogen) atoms. The van der Waals surface area contributed by atoms with E-state index in [9.17, 15) is 14.4 Å². The summed E-state index contributed by atoms with van der Waals surface area (Å²) in [6.07, 6.45) is 0.124. The molecule has 1 N–H and O–H groups in total. The molecule has 1 aliphatic rings. The predicted octanol–water partition coefficient (Wildman–Crippen LogP) is 3.43. The molecule has 3 aromatic rings. The number of urea groups is 1. The minimum absolute atomic E-state index is 0.124. The highest BCUT2D eigenvalue weighted by Crippen LogP contribution is 2.36. The van der Waals surface area contributed by atoms with Gasteiger partial charge in [-0.05, 0) is 23.3 Å². The maximum Gasteiger partial charge on any atom is 0.326 e. The molecular formula is C26H22N4O3. The summed E-state index contributed by atoms with van der Waals surface area (Å²) in [4.78, 5) is 42.4. The van der Waals surface area contributed by atoms with Crippen molar-refractivity contribution in [1.29, 1.82) is 5.26 Å². The van der Waals surface area contributed by atoms with Crippen LogP contribution in [0.1, 0.15) is 17.5 Å². The number of nitrogens with zero attached hydrogens (tertiary/aromatic N) is 3. The van der Waals surface area contributed by atoms with Crippen LogP contribution in [0.2, 0.25) is 0 Å². The molecule has 0 aliphatic carbocycles. The maximum absolute atomic E-state index is 13.8. The van der Waals surface area contributed by atoms with E-state index >= 15 is 0 Å². The number of para-hydroxylation sites is 1. The molecule has 1 aliphatic heterocycles. The summed E-state index contributed by atoms with van der Waals surface area (Å²) in [6.45, 7) is -0.280. The van der Waals surface area contributed by atoms with Crippen LogP contribution < -0.4 is 10.2 Å². The first kappa shape index (κ1) is 21.8. The fraction of sp³-hybridized carbons (Fsp3) is 0.154. The highest BCUT2D eigenvalue weighted by Gasteiger charge is 2.54. The van der Waals surface area contributed by atoms with Gasteiger partial charge in [0, 0.05) is 12.2 Å². The third kappa shape index (κ3) is 4.06. The van der Waals surface area contributed by atoms with Gasteiger partial charge in [0.15, 0.2) is 5.54 Å². The van der Waals surface area contributed by atoms with E-state index in [0.717, 1.165) is 4.90 Å². The Balaban J connectivity index is 1.68. The quantitative estimate of drug-likeness (QED) is 0.572. The third-order valence-corrected chi connectivity index (χ3v) is 5.63. The molecule has 7 heteroatoms. The van der Waals surface area contributed by atoms with Gasteiger partial charge >= 0.3 is 6.03 Å². The number of hydrogen-bond acceptors (Lipinski definition) is 4. The lowest BCUT2D eigenvalue weighted by Gasteiger charge is -2.28. The number of carbonyl (C=O) groups excluding carboxylic acids is 3. The van der Waals surface area contributed by atoms with E-state index in [1.165, 1.54) is 4.90 Å². The Bertz CT molecular complexity index is 1150. The van der Waals surface area contributed by atoms with E-state index in [2.05, 4.69) is 5.32 Å². The molecule has 1 saturated heterocycles. The highest BCUT2D eigenvalue weighted by atomic mass is 16.2. The van der Waals surface area contributed by atoms with Crippen molar-refractivity contribution in [2.45, 2.75) is 12.0 Å². The normalized spacial score (nSPS) is 14.5. The Morgan fingerprint density at radius 3 is 1.91 bits per heavy atom. The lowest BCUT2D eigenvalue weighted by molar-refractivity contribution is -0.133. The number of carbonyl (C=O) groups is 3. The number of anilines is 1. The zero-order valence-corrected chi connectivity index (χ0v) is 17.8. The molecule has 164 valence electrons. The number of nitriles is 1. The van der Waals surface area contributed by atoms with Gasteiger partial charge in [-0.2, -0.15) is 5.26 Å². The SMILES string of the molecule is N#CCCN(C(=O)CN1C(=O)NC(c2ccccc2)(c2ccccc2)C1=O)c1ccccc1. The largest absolute Gasteiger partial charge is 0.326 e. The molecule has 3 aromatic carbocycles. The van der Waals surface area contributed by atoms with Crippen molar-refractivity contribution < 1.29 is 14.4 Å². The molecule has 0 spiro atoms. The van der Waals surface area contributed by atoms with Gasteiger partial charge in [-0.1, -0.05) is 78.9 Å². The van der Waals surface area contributed by atoms with E-state index in [-0.39, 0.29) is 13.0 Å². The molecule has 0 bridgehead atoms. The van der Waals surface area contributed by atoms with Crippen molar-refractivity contribution in [3.8, 4) is 6.07 Å². The summed E-state index contributed by atoms with van der Waals surface area (Å²) < 4.78 is 0. The molecular weight excluding hydrogens is 416 g/mol. The fourth-order valence-corrected chi connectivity index (χ4v) is 4.04. The number of hydrogen-bond donors (Lipinski definition) is 1. The number of nitrogens with one attached hydrogen (secondary N) is 1. The molecule has 0 atom stereocenters. The molecule has 4 amide bonds. The van der Waals surface area contributed by atoms with Crippen LogP contribution in [-0.2, 0) is 15.1 Å². The minimum atomic E-state index is -1.43. The Kier molecular flexibility index (Phi) is 6.18. The molecule has 1 heterocycles. The van der Waals surface area contributed by atoms with Crippen molar-refractivity contribution in [3.05, 3.63) is 102 Å². The monoisotopic (exact) mass is 438 g/mol. The fourth-order valence-electron chi connectivity index (χ4n) is 4.04. The Hall–Kier alpha value is -4.44. The van der Waals surface area contributed by atoms with Gasteiger partial charge in [-0.25, -0.2) is 4.79 Å². The van der Waals surface area contributed by atoms with E-state index in [4.69, 9.17) is 5.26 Å². The van der Waals surface area contributed by atoms with E-state index in [1.807, 2.05) is 24.3 Å². The first-order valence-electron chi connectivity index (χ1n) is 10.6. The number of rotatable bonds is 7. The Labute approximate surface area is 191 Å². The van der Waals surface area contributed by atoms with Gasteiger partial charge in [0.25, 0.3) is 5.91 Å². The first-order valence-corrected chi connectivity index (χ1v) is 10.6. The summed E-state index contributed by atoms with van der Waals surface area (Å²) >= 11 is 0. The van der Waals surface area contributed by atoms with Crippen LogP contribution in [0.15, 0.2) is 91.0 Å². The van der Waals surface area contributed by atoms with E-state index < -0.39 is 29.9 Å². The molecule has 7 nitrogen and oxygen atoms in total. The average Bonchev–Trinajstić information content (AvgIpc) is 3.11. The molecule has 1 fully saturated rings. The van der Waals surface area contributed by atoms with E-state index in [1.54, 1.807) is 72.8 Å². The highest BCUT2D eigenvalue weighted by molar-refractivity contribution is 6.12. The molecule has 0 aromatic heterocycles.